The summed E-state index contributed by atoms with van der Waals surface area (Å²) in [5, 5.41) is 10.0. The Bertz CT molecular complexity index is 997. The molecule has 11 nitrogen and oxygen atoms in total. The van der Waals surface area contributed by atoms with Crippen LogP contribution < -0.4 is 20.9 Å². The zero-order chi connectivity index (χ0) is 25.1. The highest BCUT2D eigenvalue weighted by Crippen LogP contribution is 2.38. The molecule has 3 N–H and O–H groups in total. The average Bonchev–Trinajstić information content (AvgIpc) is 3.27. The number of hydrogen-bond acceptors (Lipinski definition) is 9. The van der Waals surface area contributed by atoms with Crippen molar-refractivity contribution in [3.05, 3.63) is 63.4 Å². The third kappa shape index (κ3) is 8.66. The predicted molar refractivity (Wildman–Crippen MR) is 126 cm³/mol. The highest BCUT2D eigenvalue weighted by Gasteiger charge is 2.30. The van der Waals surface area contributed by atoms with Crippen molar-refractivity contribution in [1.29, 1.82) is 0 Å². The normalized spacial score (nSPS) is 19.1. The van der Waals surface area contributed by atoms with Gasteiger partial charge in [-0.2, -0.15) is 0 Å². The Morgan fingerprint density at radius 2 is 1.91 bits per heavy atom. The molecule has 1 fully saturated rings. The van der Waals surface area contributed by atoms with Crippen molar-refractivity contribution in [2.24, 2.45) is 0 Å². The van der Waals surface area contributed by atoms with Gasteiger partial charge in [0.25, 0.3) is 5.56 Å². The number of hydrogen-bond donors (Lipinski definition) is 3. The summed E-state index contributed by atoms with van der Waals surface area (Å²) in [5.74, 6) is 0.197. The van der Waals surface area contributed by atoms with Crippen molar-refractivity contribution in [3.63, 3.8) is 0 Å². The molecule has 12 heteroatoms. The van der Waals surface area contributed by atoms with Gasteiger partial charge in [0.2, 0.25) is 0 Å². The van der Waals surface area contributed by atoms with Gasteiger partial charge >= 0.3 is 20.2 Å². The van der Waals surface area contributed by atoms with E-state index in [0.717, 1.165) is 7.11 Å². The molecule has 2 heterocycles. The van der Waals surface area contributed by atoms with Crippen molar-refractivity contribution in [2.45, 2.75) is 58.1 Å². The highest BCUT2D eigenvalue weighted by molar-refractivity contribution is 7.45. The molecule has 0 aliphatic carbocycles. The van der Waals surface area contributed by atoms with Gasteiger partial charge in [-0.1, -0.05) is 18.2 Å². The second-order valence-electron chi connectivity index (χ2n) is 7.60. The maximum atomic E-state index is 12.2. The summed E-state index contributed by atoms with van der Waals surface area (Å²) in [4.78, 5) is 37.7. The van der Waals surface area contributed by atoms with Crippen molar-refractivity contribution in [1.82, 2.24) is 14.6 Å². The summed E-state index contributed by atoms with van der Waals surface area (Å²) in [6.07, 6.45) is 1.70. The van der Waals surface area contributed by atoms with E-state index in [1.807, 2.05) is 18.2 Å². The first-order valence-electron chi connectivity index (χ1n) is 10.9. The number of nitrogens with one attached hydrogen (secondary N) is 2. The number of aromatic amines is 1. The van der Waals surface area contributed by atoms with Gasteiger partial charge in [-0.3, -0.25) is 19.1 Å². The van der Waals surface area contributed by atoms with Gasteiger partial charge in [-0.15, -0.1) is 0 Å². The average molecular weight is 497 g/mol. The predicted octanol–water partition coefficient (Wildman–Crippen LogP) is 2.07. The van der Waals surface area contributed by atoms with Crippen LogP contribution >= 0.6 is 8.53 Å². The molecule has 1 saturated heterocycles. The molecule has 0 amide bonds. The summed E-state index contributed by atoms with van der Waals surface area (Å²) < 4.78 is 24.4. The van der Waals surface area contributed by atoms with E-state index < -0.39 is 38.0 Å². The van der Waals surface area contributed by atoms with E-state index in [1.165, 1.54) is 16.8 Å². The number of H-pyrrole nitrogens is 1. The number of aromatic nitrogens is 2. The fourth-order valence-electron chi connectivity index (χ4n) is 3.03. The maximum Gasteiger partial charge on any atom is 0.330 e. The van der Waals surface area contributed by atoms with E-state index in [0.29, 0.717) is 18.6 Å². The molecule has 0 saturated carbocycles. The summed E-state index contributed by atoms with van der Waals surface area (Å²) >= 11 is 0. The Balaban J connectivity index is 0.00000199. The number of para-hydroxylation sites is 1. The quantitative estimate of drug-likeness (QED) is 0.332. The lowest BCUT2D eigenvalue weighted by atomic mass is 10.2. The molecule has 1 aliphatic heterocycles. The number of aliphatic hydroxyl groups excluding tert-OH is 1. The molecule has 1 aromatic carbocycles. The third-order valence-corrected chi connectivity index (χ3v) is 5.92. The van der Waals surface area contributed by atoms with Gasteiger partial charge in [-0.25, -0.2) is 9.88 Å². The van der Waals surface area contributed by atoms with E-state index >= 15 is 0 Å². The van der Waals surface area contributed by atoms with Crippen LogP contribution in [0.25, 0.3) is 0 Å². The van der Waals surface area contributed by atoms with Crippen LogP contribution in [0.15, 0.2) is 52.2 Å². The maximum absolute atomic E-state index is 12.2. The largest absolute Gasteiger partial charge is 0.462 e. The number of benzene rings is 1. The molecule has 0 spiro atoms. The standard InChI is InChI=1S/C21H28N3O7P.CH4O/c1-14(2)29-20(26)15(3)23-32(31-16-7-5-4-6-8-16)28-13-17-9-10-19(30-17)24-12-11-18(25)22-21(24)27;1-2/h4-8,11-12,14-15,17,19,23H,9-10,13H2,1-3H3,(H,22,25,27);2H,1H3. The first-order chi connectivity index (χ1) is 16.3. The van der Waals surface area contributed by atoms with Gasteiger partial charge in [0.1, 0.15) is 18.0 Å². The topological polar surface area (TPSA) is 141 Å². The van der Waals surface area contributed by atoms with E-state index in [-0.39, 0.29) is 18.8 Å². The second-order valence-corrected chi connectivity index (χ2v) is 8.81. The first kappa shape index (κ1) is 27.7. The van der Waals surface area contributed by atoms with E-state index in [1.54, 1.807) is 32.9 Å². The van der Waals surface area contributed by atoms with Crippen LogP contribution in [-0.2, 0) is 18.8 Å². The zero-order valence-corrected chi connectivity index (χ0v) is 20.6. The monoisotopic (exact) mass is 497 g/mol. The van der Waals surface area contributed by atoms with Crippen LogP contribution in [-0.4, -0.2) is 52.6 Å². The third-order valence-electron chi connectivity index (χ3n) is 4.56. The molecule has 0 bridgehead atoms. The fraction of sp³-hybridized carbons (Fsp3) is 0.500. The van der Waals surface area contributed by atoms with E-state index in [4.69, 9.17) is 23.6 Å². The van der Waals surface area contributed by atoms with Crippen LogP contribution in [0.2, 0.25) is 0 Å². The number of esters is 1. The van der Waals surface area contributed by atoms with Crippen molar-refractivity contribution in [2.75, 3.05) is 13.7 Å². The Morgan fingerprint density at radius 3 is 2.56 bits per heavy atom. The summed E-state index contributed by atoms with van der Waals surface area (Å²) in [7, 11) is -0.676. The van der Waals surface area contributed by atoms with E-state index in [9.17, 15) is 14.4 Å². The minimum Gasteiger partial charge on any atom is -0.462 e. The summed E-state index contributed by atoms with van der Waals surface area (Å²) in [6.45, 7) is 5.45. The van der Waals surface area contributed by atoms with E-state index in [2.05, 4.69) is 10.1 Å². The first-order valence-corrected chi connectivity index (χ1v) is 12.0. The minimum atomic E-state index is -1.68. The molecule has 1 aromatic heterocycles. The Hall–Kier alpha value is -2.56. The lowest BCUT2D eigenvalue weighted by Crippen LogP contribution is -2.35. The Morgan fingerprint density at radius 1 is 1.21 bits per heavy atom. The van der Waals surface area contributed by atoms with Gasteiger partial charge in [0, 0.05) is 19.4 Å². The second kappa shape index (κ2) is 14.0. The molecular formula is C22H32N3O8P. The molecule has 0 radical (unpaired) electrons. The van der Waals surface area contributed by atoms with Crippen LogP contribution in [0.4, 0.5) is 0 Å². The molecule has 4 atom stereocenters. The number of nitrogens with zero attached hydrogens (tertiary/aromatic N) is 1. The molecule has 2 aromatic rings. The Labute approximate surface area is 199 Å². The van der Waals surface area contributed by atoms with Crippen molar-refractivity contribution >= 4 is 14.5 Å². The van der Waals surface area contributed by atoms with Gasteiger partial charge in [0.05, 0.1) is 18.8 Å². The molecule has 34 heavy (non-hydrogen) atoms. The highest BCUT2D eigenvalue weighted by atomic mass is 31.2. The summed E-state index contributed by atoms with van der Waals surface area (Å²) in [6, 6.07) is 9.78. The molecule has 3 rings (SSSR count). The minimum absolute atomic E-state index is 0.200. The number of carbonyl (C=O) groups excluding carboxylic acids is 1. The molecular weight excluding hydrogens is 465 g/mol. The number of ether oxygens (including phenoxy) is 2. The van der Waals surface area contributed by atoms with Crippen LogP contribution in [0, 0.1) is 0 Å². The molecule has 1 aliphatic rings. The van der Waals surface area contributed by atoms with Gasteiger partial charge < -0.3 is 23.6 Å². The fourth-order valence-corrected chi connectivity index (χ4v) is 4.25. The van der Waals surface area contributed by atoms with Crippen molar-refractivity contribution in [3.8, 4) is 5.75 Å². The van der Waals surface area contributed by atoms with Crippen LogP contribution in [0.5, 0.6) is 5.75 Å². The van der Waals surface area contributed by atoms with Gasteiger partial charge in [-0.05, 0) is 45.7 Å². The molecule has 4 unspecified atom stereocenters. The van der Waals surface area contributed by atoms with Crippen LogP contribution in [0.3, 0.4) is 0 Å². The van der Waals surface area contributed by atoms with Crippen LogP contribution in [0.1, 0.15) is 39.8 Å². The SMILES string of the molecule is CC(C)OC(=O)C(C)NP(OCC1CCC(n2ccc(=O)[nH]c2=O)O1)Oc1ccccc1.CO. The lowest BCUT2D eigenvalue weighted by Gasteiger charge is -2.23. The smallest absolute Gasteiger partial charge is 0.330 e. The van der Waals surface area contributed by atoms with Crippen molar-refractivity contribution < 1.29 is 28.4 Å². The molecule has 188 valence electrons. The van der Waals surface area contributed by atoms with Gasteiger partial charge in [0.15, 0.2) is 0 Å². The summed E-state index contributed by atoms with van der Waals surface area (Å²) in [5.41, 5.74) is -0.970. The zero-order valence-electron chi connectivity index (χ0n) is 19.7. The number of aliphatic hydroxyl groups is 1. The Kier molecular flexibility index (Phi) is 11.4. The number of carbonyl (C=O) groups is 1. The number of rotatable bonds is 10. The lowest BCUT2D eigenvalue weighted by molar-refractivity contribution is -0.149.